The minimum Gasteiger partial charge on any atom is -0.320 e. The zero-order valence-electron chi connectivity index (χ0n) is 12.7. The van der Waals surface area contributed by atoms with Crippen LogP contribution in [0.3, 0.4) is 0 Å². The molecule has 0 saturated heterocycles. The Balaban J connectivity index is 2.03. The molecule has 0 N–H and O–H groups in total. The van der Waals surface area contributed by atoms with Crippen LogP contribution in [0.25, 0.3) is 16.9 Å². The molecule has 4 aromatic rings. The SMILES string of the molecule is Cc1c(Br)nc2n(C)c3ncn(Cc4ccccc4)c3c(=O)n12. The Hall–Kier alpha value is -2.41. The molecule has 0 bridgehead atoms. The van der Waals surface area contributed by atoms with Crippen molar-refractivity contribution >= 4 is 32.9 Å². The van der Waals surface area contributed by atoms with Gasteiger partial charge in [0.05, 0.1) is 12.0 Å². The minimum atomic E-state index is -0.0998. The summed E-state index contributed by atoms with van der Waals surface area (Å²) in [7, 11) is 1.87. The summed E-state index contributed by atoms with van der Waals surface area (Å²) in [6.07, 6.45) is 1.71. The van der Waals surface area contributed by atoms with E-state index in [2.05, 4.69) is 25.9 Å². The topological polar surface area (TPSA) is 57.1 Å². The number of aromatic nitrogens is 5. The maximum atomic E-state index is 13.0. The van der Waals surface area contributed by atoms with Gasteiger partial charge in [0.1, 0.15) is 4.60 Å². The van der Waals surface area contributed by atoms with Crippen molar-refractivity contribution in [1.82, 2.24) is 23.5 Å². The number of rotatable bonds is 2. The highest BCUT2D eigenvalue weighted by atomic mass is 79.9. The van der Waals surface area contributed by atoms with Crippen LogP contribution in [-0.4, -0.2) is 23.5 Å². The third-order valence-electron chi connectivity index (χ3n) is 4.07. The molecule has 7 heteroatoms. The smallest absolute Gasteiger partial charge is 0.285 e. The Kier molecular flexibility index (Phi) is 3.12. The van der Waals surface area contributed by atoms with Gasteiger partial charge in [-0.2, -0.15) is 0 Å². The van der Waals surface area contributed by atoms with E-state index in [4.69, 9.17) is 0 Å². The van der Waals surface area contributed by atoms with Gasteiger partial charge in [0, 0.05) is 13.6 Å². The third kappa shape index (κ3) is 2.03. The third-order valence-corrected chi connectivity index (χ3v) is 4.82. The molecule has 0 unspecified atom stereocenters. The molecule has 23 heavy (non-hydrogen) atoms. The Morgan fingerprint density at radius 2 is 1.96 bits per heavy atom. The van der Waals surface area contributed by atoms with Crippen molar-refractivity contribution in [2.24, 2.45) is 7.05 Å². The molecule has 0 aliphatic carbocycles. The van der Waals surface area contributed by atoms with Crippen LogP contribution in [-0.2, 0) is 13.6 Å². The van der Waals surface area contributed by atoms with Gasteiger partial charge >= 0.3 is 0 Å². The average Bonchev–Trinajstić information content (AvgIpc) is 3.09. The van der Waals surface area contributed by atoms with Crippen molar-refractivity contribution in [3.63, 3.8) is 0 Å². The number of fused-ring (bicyclic) bond motifs is 2. The van der Waals surface area contributed by atoms with Gasteiger partial charge in [-0.05, 0) is 28.4 Å². The first-order chi connectivity index (χ1) is 11.1. The minimum absolute atomic E-state index is 0.0998. The molecule has 0 fully saturated rings. The maximum absolute atomic E-state index is 13.0. The summed E-state index contributed by atoms with van der Waals surface area (Å²) in [4.78, 5) is 21.8. The number of aryl methyl sites for hydroxylation is 2. The van der Waals surface area contributed by atoms with Crippen LogP contribution in [0.4, 0.5) is 0 Å². The van der Waals surface area contributed by atoms with Gasteiger partial charge in [-0.1, -0.05) is 30.3 Å². The first-order valence-corrected chi connectivity index (χ1v) is 7.99. The summed E-state index contributed by atoms with van der Waals surface area (Å²) >= 11 is 3.40. The number of hydrogen-bond donors (Lipinski definition) is 0. The van der Waals surface area contributed by atoms with Crippen molar-refractivity contribution in [3.05, 3.63) is 62.9 Å². The monoisotopic (exact) mass is 371 g/mol. The molecule has 3 heterocycles. The van der Waals surface area contributed by atoms with E-state index in [1.807, 2.05) is 53.4 Å². The van der Waals surface area contributed by atoms with Gasteiger partial charge in [-0.25, -0.2) is 14.4 Å². The average molecular weight is 372 g/mol. The van der Waals surface area contributed by atoms with Gasteiger partial charge in [0.25, 0.3) is 5.56 Å². The lowest BCUT2D eigenvalue weighted by atomic mass is 10.2. The lowest BCUT2D eigenvalue weighted by Gasteiger charge is -2.07. The van der Waals surface area contributed by atoms with Gasteiger partial charge < -0.3 is 4.57 Å². The summed E-state index contributed by atoms with van der Waals surface area (Å²) in [6.45, 7) is 2.47. The van der Waals surface area contributed by atoms with E-state index in [0.717, 1.165) is 11.3 Å². The van der Waals surface area contributed by atoms with Gasteiger partial charge in [0.15, 0.2) is 11.2 Å². The molecule has 1 aromatic carbocycles. The number of halogens is 1. The molecule has 0 aliphatic heterocycles. The van der Waals surface area contributed by atoms with Crippen molar-refractivity contribution in [1.29, 1.82) is 0 Å². The second-order valence-corrected chi connectivity index (χ2v) is 6.27. The van der Waals surface area contributed by atoms with Crippen LogP contribution in [0.15, 0.2) is 46.1 Å². The Labute approximate surface area is 140 Å². The fraction of sp³-hybridized carbons (Fsp3) is 0.188. The molecule has 4 rings (SSSR count). The van der Waals surface area contributed by atoms with Crippen LogP contribution in [0, 0.1) is 6.92 Å². The molecule has 0 atom stereocenters. The number of benzene rings is 1. The summed E-state index contributed by atoms with van der Waals surface area (Å²) in [5, 5.41) is 0. The van der Waals surface area contributed by atoms with E-state index in [1.54, 1.807) is 10.7 Å². The summed E-state index contributed by atoms with van der Waals surface area (Å²) < 4.78 is 6.03. The molecule has 0 spiro atoms. The highest BCUT2D eigenvalue weighted by Gasteiger charge is 2.18. The highest BCUT2D eigenvalue weighted by Crippen LogP contribution is 2.19. The largest absolute Gasteiger partial charge is 0.320 e. The zero-order valence-corrected chi connectivity index (χ0v) is 14.3. The standard InChI is InChI=1S/C16H14BrN5O/c1-10-13(17)19-16-20(2)14-12(15(23)22(10)16)21(9-18-14)8-11-6-4-3-5-7-11/h3-7,9H,8H2,1-2H3. The quantitative estimate of drug-likeness (QED) is 0.543. The molecule has 0 saturated carbocycles. The second kappa shape index (κ2) is 5.06. The first kappa shape index (κ1) is 14.2. The van der Waals surface area contributed by atoms with E-state index in [1.165, 1.54) is 0 Å². The van der Waals surface area contributed by atoms with Crippen molar-refractivity contribution in [2.45, 2.75) is 13.5 Å². The Morgan fingerprint density at radius 1 is 1.22 bits per heavy atom. The van der Waals surface area contributed by atoms with Gasteiger partial charge in [-0.3, -0.25) is 9.36 Å². The van der Waals surface area contributed by atoms with Crippen molar-refractivity contribution in [3.8, 4) is 0 Å². The lowest BCUT2D eigenvalue weighted by Crippen LogP contribution is -2.21. The zero-order chi connectivity index (χ0) is 16.1. The number of nitrogens with zero attached hydrogens (tertiary/aromatic N) is 5. The molecular formula is C16H14BrN5O. The van der Waals surface area contributed by atoms with Gasteiger partial charge in [-0.15, -0.1) is 0 Å². The van der Waals surface area contributed by atoms with Gasteiger partial charge in [0.2, 0.25) is 5.78 Å². The molecule has 0 amide bonds. The number of imidazole rings is 2. The molecule has 0 aliphatic rings. The van der Waals surface area contributed by atoms with Crippen LogP contribution in [0.5, 0.6) is 0 Å². The van der Waals surface area contributed by atoms with Crippen LogP contribution in [0.1, 0.15) is 11.3 Å². The maximum Gasteiger partial charge on any atom is 0.285 e. The normalized spacial score (nSPS) is 11.6. The molecular weight excluding hydrogens is 358 g/mol. The van der Waals surface area contributed by atoms with E-state index in [0.29, 0.717) is 28.1 Å². The molecule has 0 radical (unpaired) electrons. The van der Waals surface area contributed by atoms with Crippen LogP contribution < -0.4 is 5.56 Å². The Bertz CT molecular complexity index is 1090. The first-order valence-electron chi connectivity index (χ1n) is 7.20. The lowest BCUT2D eigenvalue weighted by molar-refractivity contribution is 0.813. The van der Waals surface area contributed by atoms with Crippen molar-refractivity contribution in [2.75, 3.05) is 0 Å². The van der Waals surface area contributed by atoms with E-state index in [-0.39, 0.29) is 5.56 Å². The second-order valence-electron chi connectivity index (χ2n) is 5.52. The fourth-order valence-electron chi connectivity index (χ4n) is 2.87. The summed E-state index contributed by atoms with van der Waals surface area (Å²) in [5.74, 6) is 0.580. The van der Waals surface area contributed by atoms with E-state index >= 15 is 0 Å². The number of hydrogen-bond acceptors (Lipinski definition) is 3. The molecule has 116 valence electrons. The summed E-state index contributed by atoms with van der Waals surface area (Å²) in [6, 6.07) is 10.0. The summed E-state index contributed by atoms with van der Waals surface area (Å²) in [5.41, 5.74) is 3.03. The molecule has 6 nitrogen and oxygen atoms in total. The highest BCUT2D eigenvalue weighted by molar-refractivity contribution is 9.10. The van der Waals surface area contributed by atoms with Crippen molar-refractivity contribution < 1.29 is 0 Å². The fourth-order valence-corrected chi connectivity index (χ4v) is 3.20. The van der Waals surface area contributed by atoms with E-state index in [9.17, 15) is 4.79 Å². The Morgan fingerprint density at radius 3 is 2.70 bits per heavy atom. The molecule has 3 aromatic heterocycles. The van der Waals surface area contributed by atoms with E-state index < -0.39 is 0 Å². The predicted molar refractivity (Wildman–Crippen MR) is 91.7 cm³/mol. The predicted octanol–water partition coefficient (Wildman–Crippen LogP) is 2.50. The van der Waals surface area contributed by atoms with Crippen LogP contribution >= 0.6 is 15.9 Å². The van der Waals surface area contributed by atoms with Crippen LogP contribution in [0.2, 0.25) is 0 Å².